The Balaban J connectivity index is 1.68. The van der Waals surface area contributed by atoms with E-state index in [0.717, 1.165) is 77.8 Å². The van der Waals surface area contributed by atoms with E-state index >= 15 is 0 Å². The second kappa shape index (κ2) is 30.0. The van der Waals surface area contributed by atoms with E-state index < -0.39 is 0 Å². The van der Waals surface area contributed by atoms with Crippen LogP contribution >= 0.6 is 0 Å². The maximum atomic E-state index is 13.3. The molecule has 0 radical (unpaired) electrons. The average Bonchev–Trinajstić information content (AvgIpc) is 3.42. The third kappa shape index (κ3) is 21.3. The summed E-state index contributed by atoms with van der Waals surface area (Å²) in [7, 11) is 2.17. The van der Waals surface area contributed by atoms with E-state index in [9.17, 15) is 9.59 Å². The van der Waals surface area contributed by atoms with Crippen LogP contribution in [0.1, 0.15) is 174 Å². The average molecular weight is 686 g/mol. The molecule has 2 aliphatic rings. The van der Waals surface area contributed by atoms with Crippen molar-refractivity contribution in [3.8, 4) is 0 Å². The highest BCUT2D eigenvalue weighted by atomic mass is 16.5. The van der Waals surface area contributed by atoms with Gasteiger partial charge in [0.25, 0.3) is 0 Å². The molecule has 0 aromatic heterocycles. The summed E-state index contributed by atoms with van der Waals surface area (Å²) in [4.78, 5) is 33.5. The normalized spacial score (nSPS) is 19.2. The summed E-state index contributed by atoms with van der Waals surface area (Å²) < 4.78 is 5.84. The predicted molar refractivity (Wildman–Crippen MR) is 209 cm³/mol. The molecule has 0 unspecified atom stereocenters. The number of piperazine rings is 1. The van der Waals surface area contributed by atoms with E-state index in [1.165, 1.54) is 116 Å². The second-order valence-corrected chi connectivity index (χ2v) is 15.2. The van der Waals surface area contributed by atoms with Gasteiger partial charge in [-0.15, -0.1) is 0 Å². The molecule has 1 amide bonds. The Bertz CT molecular complexity index is 866. The number of ether oxygens (including phenoxy) is 1. The molecule has 0 spiro atoms. The van der Waals surface area contributed by atoms with Gasteiger partial charge in [-0.25, -0.2) is 0 Å². The highest BCUT2D eigenvalue weighted by molar-refractivity contribution is 5.87. The number of unbranched alkanes of at least 4 members (excludes halogenated alkanes) is 18. The highest BCUT2D eigenvalue weighted by Gasteiger charge is 2.43. The molecule has 2 saturated heterocycles. The molecule has 0 N–H and O–H groups in total. The van der Waals surface area contributed by atoms with Crippen LogP contribution in [0.2, 0.25) is 0 Å². The van der Waals surface area contributed by atoms with Crippen molar-refractivity contribution < 1.29 is 14.3 Å². The van der Waals surface area contributed by atoms with E-state index in [4.69, 9.17) is 4.74 Å². The largest absolute Gasteiger partial charge is 0.465 e. The fourth-order valence-electron chi connectivity index (χ4n) is 7.48. The molecule has 49 heavy (non-hydrogen) atoms. The van der Waals surface area contributed by atoms with Crippen LogP contribution in [0.3, 0.4) is 0 Å². The minimum Gasteiger partial charge on any atom is -0.465 e. The zero-order chi connectivity index (χ0) is 35.2. The number of likely N-dealkylation sites (tertiary alicyclic amines) is 1. The lowest BCUT2D eigenvalue weighted by Gasteiger charge is -2.32. The summed E-state index contributed by atoms with van der Waals surface area (Å²) in [6.45, 7) is 11.2. The van der Waals surface area contributed by atoms with Gasteiger partial charge in [0.1, 0.15) is 0 Å². The van der Waals surface area contributed by atoms with Crippen LogP contribution in [0.4, 0.5) is 0 Å². The fourth-order valence-corrected chi connectivity index (χ4v) is 7.48. The summed E-state index contributed by atoms with van der Waals surface area (Å²) in [6.07, 6.45) is 39.1. The molecule has 0 saturated carbocycles. The third-order valence-corrected chi connectivity index (χ3v) is 10.8. The van der Waals surface area contributed by atoms with Crippen LogP contribution in [0.25, 0.3) is 0 Å². The summed E-state index contributed by atoms with van der Waals surface area (Å²) in [5, 5.41) is 0. The second-order valence-electron chi connectivity index (χ2n) is 15.2. The van der Waals surface area contributed by atoms with E-state index in [1.54, 1.807) is 0 Å². The van der Waals surface area contributed by atoms with Crippen LogP contribution in [0.5, 0.6) is 0 Å². The Hall–Kier alpha value is -1.66. The van der Waals surface area contributed by atoms with Crippen molar-refractivity contribution in [3.05, 3.63) is 24.3 Å². The predicted octanol–water partition coefficient (Wildman–Crippen LogP) is 10.5. The van der Waals surface area contributed by atoms with Gasteiger partial charge in [-0.2, -0.15) is 0 Å². The number of rotatable bonds is 31. The molecule has 6 nitrogen and oxygen atoms in total. The Labute approximate surface area is 303 Å². The monoisotopic (exact) mass is 686 g/mol. The maximum absolute atomic E-state index is 13.3. The van der Waals surface area contributed by atoms with Crippen LogP contribution in [0, 0.1) is 5.92 Å². The zero-order valence-electron chi connectivity index (χ0n) is 32.7. The van der Waals surface area contributed by atoms with Crippen molar-refractivity contribution in [2.75, 3.05) is 52.9 Å². The molecule has 6 heteroatoms. The van der Waals surface area contributed by atoms with Gasteiger partial charge in [0.2, 0.25) is 5.91 Å². The number of hydrogen-bond acceptors (Lipinski definition) is 5. The van der Waals surface area contributed by atoms with Crippen LogP contribution in [-0.4, -0.2) is 85.5 Å². The Kier molecular flexibility index (Phi) is 26.6. The van der Waals surface area contributed by atoms with E-state index in [0.29, 0.717) is 13.0 Å². The van der Waals surface area contributed by atoms with Gasteiger partial charge >= 0.3 is 5.97 Å². The number of nitrogens with zero attached hydrogens (tertiary/aromatic N) is 3. The van der Waals surface area contributed by atoms with Crippen molar-refractivity contribution in [1.29, 1.82) is 0 Å². The topological polar surface area (TPSA) is 53.1 Å². The van der Waals surface area contributed by atoms with Gasteiger partial charge in [-0.1, -0.05) is 141 Å². The first-order valence-electron chi connectivity index (χ1n) is 21.2. The van der Waals surface area contributed by atoms with Crippen molar-refractivity contribution in [3.63, 3.8) is 0 Å². The first-order valence-corrected chi connectivity index (χ1v) is 21.2. The number of carbonyl (C=O) groups is 2. The van der Waals surface area contributed by atoms with Crippen LogP contribution in [-0.2, 0) is 14.3 Å². The molecule has 2 fully saturated rings. The Morgan fingerprint density at radius 3 is 1.82 bits per heavy atom. The number of carbonyl (C=O) groups excluding carboxylic acids is 2. The van der Waals surface area contributed by atoms with Gasteiger partial charge < -0.3 is 19.4 Å². The molecule has 0 aromatic rings. The van der Waals surface area contributed by atoms with Crippen LogP contribution < -0.4 is 0 Å². The minimum atomic E-state index is -0.292. The highest BCUT2D eigenvalue weighted by Crippen LogP contribution is 2.31. The van der Waals surface area contributed by atoms with Crippen molar-refractivity contribution in [2.45, 2.75) is 180 Å². The smallest absolute Gasteiger partial charge is 0.311 e. The molecule has 0 aliphatic carbocycles. The molecular formula is C43H79N3O3. The zero-order valence-corrected chi connectivity index (χ0v) is 32.7. The number of amides is 1. The summed E-state index contributed by atoms with van der Waals surface area (Å²) in [5.41, 5.74) is 0. The molecular weight excluding hydrogens is 606 g/mol. The minimum absolute atomic E-state index is 0.0182. The third-order valence-electron chi connectivity index (χ3n) is 10.8. The summed E-state index contributed by atoms with van der Waals surface area (Å²) >= 11 is 0. The number of allylic oxidation sites excluding steroid dienone is 4. The first-order chi connectivity index (χ1) is 24.1. The number of likely N-dealkylation sites (N-methyl/N-ethyl adjacent to an activating group) is 1. The maximum Gasteiger partial charge on any atom is 0.311 e. The molecule has 0 aromatic carbocycles. The summed E-state index contributed by atoms with van der Waals surface area (Å²) in [5.74, 6) is -0.262. The number of esters is 1. The lowest BCUT2D eigenvalue weighted by Crippen LogP contribution is -2.44. The first kappa shape index (κ1) is 43.5. The molecule has 284 valence electrons. The molecule has 2 rings (SSSR count). The molecule has 2 heterocycles. The quantitative estimate of drug-likeness (QED) is 0.0413. The summed E-state index contributed by atoms with van der Waals surface area (Å²) in [6, 6.07) is 0.0182. The molecule has 0 bridgehead atoms. The van der Waals surface area contributed by atoms with Crippen LogP contribution in [0.15, 0.2) is 24.3 Å². The molecule has 2 aliphatic heterocycles. The van der Waals surface area contributed by atoms with Crippen molar-refractivity contribution >= 4 is 11.9 Å². The van der Waals surface area contributed by atoms with Gasteiger partial charge in [0.05, 0.1) is 12.5 Å². The van der Waals surface area contributed by atoms with E-state index in [-0.39, 0.29) is 23.8 Å². The van der Waals surface area contributed by atoms with Gasteiger partial charge in [0.15, 0.2) is 0 Å². The van der Waals surface area contributed by atoms with Crippen molar-refractivity contribution in [2.24, 2.45) is 5.92 Å². The lowest BCUT2D eigenvalue weighted by molar-refractivity contribution is -0.149. The lowest BCUT2D eigenvalue weighted by atomic mass is 9.94. The Morgan fingerprint density at radius 1 is 0.653 bits per heavy atom. The fraction of sp³-hybridized carbons (Fsp3) is 0.860. The van der Waals surface area contributed by atoms with Gasteiger partial charge in [0, 0.05) is 51.7 Å². The van der Waals surface area contributed by atoms with Gasteiger partial charge in [-0.05, 0) is 58.4 Å². The van der Waals surface area contributed by atoms with Gasteiger partial charge in [-0.3, -0.25) is 9.59 Å². The van der Waals surface area contributed by atoms with Crippen molar-refractivity contribution in [1.82, 2.24) is 14.7 Å². The number of hydrogen-bond donors (Lipinski definition) is 0. The van der Waals surface area contributed by atoms with E-state index in [2.05, 4.69) is 59.9 Å². The molecule has 2 atom stereocenters. The Morgan fingerprint density at radius 2 is 1.18 bits per heavy atom. The van der Waals surface area contributed by atoms with E-state index in [1.807, 2.05) is 0 Å². The standard InChI is InChI=1S/C43H79N3O3/c1-4-6-8-10-12-14-16-17-18-19-20-21-23-25-27-29-33-46-41(31-28-26-24-22-15-13-11-9-7-5-2)40(39-42(46)47)43(48)49-38-30-32-45-36-34-44(3)35-37-45/h12,14,17-18,40-41H,4-11,13,15-16,19-39H2,1-3H3/b14-12-,18-17-/t40-,41+/m0/s1. The SMILES string of the molecule is CCCCC/C=C\C/C=C\CCCCCCCCN1C(=O)C[C@H](C(=O)OCCCN2CCN(C)CC2)[C@H]1CCCCCCCCCCCC.